The molecule has 26 heavy (non-hydrogen) atoms. The fourth-order valence-corrected chi connectivity index (χ4v) is 4.42. The van der Waals surface area contributed by atoms with Crippen LogP contribution in [0.3, 0.4) is 0 Å². The molecule has 2 amide bonds. The molecule has 0 saturated heterocycles. The number of fused-ring (bicyclic) bond motifs is 1. The molecular weight excluding hydrogens is 352 g/mol. The molecule has 9 heteroatoms. The van der Waals surface area contributed by atoms with Crippen LogP contribution in [0, 0.1) is 0 Å². The van der Waals surface area contributed by atoms with Gasteiger partial charge in [0.15, 0.2) is 0 Å². The summed E-state index contributed by atoms with van der Waals surface area (Å²) >= 11 is 1.35. The van der Waals surface area contributed by atoms with E-state index in [2.05, 4.69) is 20.8 Å². The Morgan fingerprint density at radius 2 is 2.08 bits per heavy atom. The van der Waals surface area contributed by atoms with Crippen molar-refractivity contribution in [2.75, 3.05) is 16.8 Å². The Morgan fingerprint density at radius 3 is 2.88 bits per heavy atom. The Morgan fingerprint density at radius 1 is 1.31 bits per heavy atom. The maximum absolute atomic E-state index is 13.0. The Labute approximate surface area is 155 Å². The van der Waals surface area contributed by atoms with Gasteiger partial charge in [-0.2, -0.15) is 0 Å². The summed E-state index contributed by atoms with van der Waals surface area (Å²) in [6, 6.07) is 7.64. The number of hydrogen-bond donors (Lipinski definition) is 1. The summed E-state index contributed by atoms with van der Waals surface area (Å²) in [6.45, 7) is 1.85. The smallest absolute Gasteiger partial charge is 0.244 e. The van der Waals surface area contributed by atoms with E-state index in [0.29, 0.717) is 16.9 Å². The van der Waals surface area contributed by atoms with Crippen LogP contribution in [0.15, 0.2) is 29.4 Å². The monoisotopic (exact) mass is 372 g/mol. The normalized spacial score (nSPS) is 18.5. The summed E-state index contributed by atoms with van der Waals surface area (Å²) in [5, 5.41) is 15.1. The standard InChI is InChI=1S/C17H20N6O2S/c1-11(26-17-19-20-21-23(17)12-6-2-3-7-12)16(25)22-10-15(24)18-13-8-4-5-9-14(13)22/h4-5,8-9,11-12H,2-3,6-7,10H2,1H3,(H,18,24). The molecule has 136 valence electrons. The predicted molar refractivity (Wildman–Crippen MR) is 98.1 cm³/mol. The number of benzene rings is 1. The van der Waals surface area contributed by atoms with E-state index in [1.165, 1.54) is 29.5 Å². The highest BCUT2D eigenvalue weighted by atomic mass is 32.2. The van der Waals surface area contributed by atoms with Crippen molar-refractivity contribution in [3.8, 4) is 0 Å². The summed E-state index contributed by atoms with van der Waals surface area (Å²) in [5.41, 5.74) is 1.38. The van der Waals surface area contributed by atoms with Crippen LogP contribution < -0.4 is 10.2 Å². The average Bonchev–Trinajstić information content (AvgIpc) is 3.31. The number of amides is 2. The van der Waals surface area contributed by atoms with Crippen molar-refractivity contribution >= 4 is 35.0 Å². The largest absolute Gasteiger partial charge is 0.323 e. The predicted octanol–water partition coefficient (Wildman–Crippen LogP) is 2.25. The fourth-order valence-electron chi connectivity index (χ4n) is 3.50. The first-order valence-electron chi connectivity index (χ1n) is 8.78. The number of anilines is 2. The molecule has 1 saturated carbocycles. The highest BCUT2D eigenvalue weighted by Crippen LogP contribution is 2.34. The molecular formula is C17H20N6O2S. The minimum Gasteiger partial charge on any atom is -0.323 e. The first-order chi connectivity index (χ1) is 12.6. The fraction of sp³-hybridized carbons (Fsp3) is 0.471. The number of aromatic nitrogens is 4. The van der Waals surface area contributed by atoms with Crippen molar-refractivity contribution in [3.63, 3.8) is 0 Å². The molecule has 1 N–H and O–H groups in total. The SMILES string of the molecule is CC(Sc1nnnn1C1CCCC1)C(=O)N1CC(=O)Nc2ccccc21. The zero-order chi connectivity index (χ0) is 18.1. The molecule has 0 bridgehead atoms. The third kappa shape index (κ3) is 3.18. The van der Waals surface area contributed by atoms with Crippen LogP contribution in [0.5, 0.6) is 0 Å². The zero-order valence-electron chi connectivity index (χ0n) is 14.5. The Kier molecular flexibility index (Phi) is 4.62. The lowest BCUT2D eigenvalue weighted by Crippen LogP contribution is -2.45. The number of tetrazole rings is 1. The van der Waals surface area contributed by atoms with E-state index in [-0.39, 0.29) is 18.4 Å². The molecule has 2 aliphatic rings. The molecule has 1 aliphatic carbocycles. The number of nitrogens with one attached hydrogen (secondary N) is 1. The minimum atomic E-state index is -0.403. The van der Waals surface area contributed by atoms with Crippen molar-refractivity contribution < 1.29 is 9.59 Å². The van der Waals surface area contributed by atoms with Gasteiger partial charge in [-0.15, -0.1) is 5.10 Å². The van der Waals surface area contributed by atoms with Crippen LogP contribution in [0.4, 0.5) is 11.4 Å². The van der Waals surface area contributed by atoms with E-state index < -0.39 is 5.25 Å². The van der Waals surface area contributed by atoms with Crippen molar-refractivity contribution in [2.24, 2.45) is 0 Å². The molecule has 0 spiro atoms. The zero-order valence-corrected chi connectivity index (χ0v) is 15.3. The topological polar surface area (TPSA) is 93.0 Å². The van der Waals surface area contributed by atoms with E-state index in [1.54, 1.807) is 6.07 Å². The van der Waals surface area contributed by atoms with Crippen molar-refractivity contribution in [1.82, 2.24) is 20.2 Å². The number of hydrogen-bond acceptors (Lipinski definition) is 6. The summed E-state index contributed by atoms with van der Waals surface area (Å²) in [4.78, 5) is 26.5. The second kappa shape index (κ2) is 7.06. The summed E-state index contributed by atoms with van der Waals surface area (Å²) in [5.74, 6) is -0.316. The summed E-state index contributed by atoms with van der Waals surface area (Å²) < 4.78 is 1.85. The number of rotatable bonds is 4. The first kappa shape index (κ1) is 17.0. The molecule has 1 unspecified atom stereocenters. The minimum absolute atomic E-state index is 0.0221. The Balaban J connectivity index is 1.52. The third-order valence-corrected chi connectivity index (χ3v) is 5.83. The molecule has 1 aromatic carbocycles. The lowest BCUT2D eigenvalue weighted by Gasteiger charge is -2.30. The quantitative estimate of drug-likeness (QED) is 0.828. The second-order valence-electron chi connectivity index (χ2n) is 6.59. The highest BCUT2D eigenvalue weighted by Gasteiger charge is 2.31. The molecule has 1 atom stereocenters. The molecule has 2 aromatic rings. The molecule has 0 radical (unpaired) electrons. The number of carbonyl (C=O) groups excluding carboxylic acids is 2. The lowest BCUT2D eigenvalue weighted by molar-refractivity contribution is -0.121. The Hall–Kier alpha value is -2.42. The van der Waals surface area contributed by atoms with Crippen molar-refractivity contribution in [2.45, 2.75) is 49.1 Å². The van der Waals surface area contributed by atoms with Gasteiger partial charge in [-0.3, -0.25) is 14.5 Å². The van der Waals surface area contributed by atoms with E-state index in [9.17, 15) is 9.59 Å². The van der Waals surface area contributed by atoms with Crippen molar-refractivity contribution in [1.29, 1.82) is 0 Å². The van der Waals surface area contributed by atoms with E-state index in [0.717, 1.165) is 18.5 Å². The van der Waals surface area contributed by atoms with Crippen LogP contribution in [0.1, 0.15) is 38.6 Å². The summed E-state index contributed by atoms with van der Waals surface area (Å²) in [6.07, 6.45) is 4.51. The second-order valence-corrected chi connectivity index (χ2v) is 7.90. The third-order valence-electron chi connectivity index (χ3n) is 4.80. The van der Waals surface area contributed by atoms with Crippen LogP contribution in [-0.2, 0) is 9.59 Å². The Bertz CT molecular complexity index is 832. The van der Waals surface area contributed by atoms with Gasteiger partial charge in [-0.05, 0) is 42.3 Å². The van der Waals surface area contributed by atoms with E-state index in [4.69, 9.17) is 0 Å². The van der Waals surface area contributed by atoms with Gasteiger partial charge >= 0.3 is 0 Å². The number of para-hydroxylation sites is 2. The molecule has 2 heterocycles. The maximum atomic E-state index is 13.0. The van der Waals surface area contributed by atoms with Gasteiger partial charge in [0, 0.05) is 0 Å². The lowest BCUT2D eigenvalue weighted by atomic mass is 10.2. The van der Waals surface area contributed by atoms with E-state index in [1.807, 2.05) is 29.8 Å². The van der Waals surface area contributed by atoms with Gasteiger partial charge < -0.3 is 5.32 Å². The van der Waals surface area contributed by atoms with Gasteiger partial charge in [0.05, 0.1) is 22.7 Å². The molecule has 1 aliphatic heterocycles. The van der Waals surface area contributed by atoms with Crippen LogP contribution in [0.2, 0.25) is 0 Å². The van der Waals surface area contributed by atoms with Gasteiger partial charge in [0.2, 0.25) is 17.0 Å². The number of carbonyl (C=O) groups is 2. The van der Waals surface area contributed by atoms with Crippen molar-refractivity contribution in [3.05, 3.63) is 24.3 Å². The average molecular weight is 372 g/mol. The molecule has 1 fully saturated rings. The highest BCUT2D eigenvalue weighted by molar-refractivity contribution is 8.00. The van der Waals surface area contributed by atoms with Crippen LogP contribution in [-0.4, -0.2) is 43.8 Å². The van der Waals surface area contributed by atoms with Gasteiger partial charge in [0.1, 0.15) is 6.54 Å². The first-order valence-corrected chi connectivity index (χ1v) is 9.66. The number of nitrogens with zero attached hydrogens (tertiary/aromatic N) is 5. The molecule has 4 rings (SSSR count). The molecule has 8 nitrogen and oxygen atoms in total. The van der Waals surface area contributed by atoms with Gasteiger partial charge in [-0.1, -0.05) is 36.7 Å². The molecule has 1 aromatic heterocycles. The van der Waals surface area contributed by atoms with Crippen LogP contribution >= 0.6 is 11.8 Å². The van der Waals surface area contributed by atoms with E-state index >= 15 is 0 Å². The summed E-state index contributed by atoms with van der Waals surface area (Å²) in [7, 11) is 0. The maximum Gasteiger partial charge on any atom is 0.244 e. The van der Waals surface area contributed by atoms with Gasteiger partial charge in [-0.25, -0.2) is 4.68 Å². The number of thioether (sulfide) groups is 1. The van der Waals surface area contributed by atoms with Gasteiger partial charge in [0.25, 0.3) is 0 Å². The van der Waals surface area contributed by atoms with Crippen LogP contribution in [0.25, 0.3) is 0 Å².